The van der Waals surface area contributed by atoms with Crippen molar-refractivity contribution in [2.75, 3.05) is 6.61 Å². The summed E-state index contributed by atoms with van der Waals surface area (Å²) in [6, 6.07) is 26.4. The zero-order valence-electron chi connectivity index (χ0n) is 15.2. The van der Waals surface area contributed by atoms with Gasteiger partial charge in [0.25, 0.3) is 0 Å². The van der Waals surface area contributed by atoms with Gasteiger partial charge in [0.1, 0.15) is 18.1 Å². The maximum Gasteiger partial charge on any atom is 0.340 e. The second-order valence-corrected chi connectivity index (χ2v) is 5.92. The Hall–Kier alpha value is -3.11. The standard InChI is InChI=1S/C23H22O4/c1-2-25-22(19-11-5-3-6-12-19)23(24)26-17-18-10-9-15-21(16-18)27-20-13-7-4-8-14-20/h3-16,22H,2,17H2,1H3. The van der Waals surface area contributed by atoms with E-state index in [1.165, 1.54) is 0 Å². The molecule has 3 aromatic rings. The maximum atomic E-state index is 12.5. The number of para-hydroxylation sites is 1. The van der Waals surface area contributed by atoms with Crippen LogP contribution in [0.4, 0.5) is 0 Å². The van der Waals surface area contributed by atoms with Crippen molar-refractivity contribution in [3.8, 4) is 11.5 Å². The van der Waals surface area contributed by atoms with E-state index in [2.05, 4.69) is 0 Å². The van der Waals surface area contributed by atoms with Crippen LogP contribution in [0.15, 0.2) is 84.9 Å². The summed E-state index contributed by atoms with van der Waals surface area (Å²) >= 11 is 0. The average Bonchev–Trinajstić information content (AvgIpc) is 2.72. The van der Waals surface area contributed by atoms with E-state index in [1.54, 1.807) is 0 Å². The molecule has 0 saturated carbocycles. The largest absolute Gasteiger partial charge is 0.459 e. The zero-order valence-corrected chi connectivity index (χ0v) is 15.2. The fraction of sp³-hybridized carbons (Fsp3) is 0.174. The topological polar surface area (TPSA) is 44.8 Å². The summed E-state index contributed by atoms with van der Waals surface area (Å²) in [5, 5.41) is 0. The monoisotopic (exact) mass is 362 g/mol. The molecule has 0 aromatic heterocycles. The molecule has 3 aromatic carbocycles. The predicted octanol–water partition coefficient (Wildman–Crippen LogP) is 5.30. The van der Waals surface area contributed by atoms with E-state index in [1.807, 2.05) is 91.9 Å². The van der Waals surface area contributed by atoms with Crippen molar-refractivity contribution in [1.29, 1.82) is 0 Å². The van der Waals surface area contributed by atoms with Gasteiger partial charge in [-0.3, -0.25) is 0 Å². The van der Waals surface area contributed by atoms with Crippen LogP contribution in [0.2, 0.25) is 0 Å². The van der Waals surface area contributed by atoms with E-state index >= 15 is 0 Å². The fourth-order valence-corrected chi connectivity index (χ4v) is 2.65. The number of carbonyl (C=O) groups is 1. The SMILES string of the molecule is CCOC(C(=O)OCc1cccc(Oc2ccccc2)c1)c1ccccc1. The van der Waals surface area contributed by atoms with Gasteiger partial charge in [-0.25, -0.2) is 4.79 Å². The summed E-state index contributed by atoms with van der Waals surface area (Å²) < 4.78 is 16.9. The Balaban J connectivity index is 1.63. The Kier molecular flexibility index (Phi) is 6.61. The number of carbonyl (C=O) groups excluding carboxylic acids is 1. The van der Waals surface area contributed by atoms with E-state index in [0.717, 1.165) is 16.9 Å². The highest BCUT2D eigenvalue weighted by Gasteiger charge is 2.22. The van der Waals surface area contributed by atoms with Crippen LogP contribution >= 0.6 is 0 Å². The van der Waals surface area contributed by atoms with Crippen LogP contribution in [-0.2, 0) is 20.9 Å². The van der Waals surface area contributed by atoms with Crippen molar-refractivity contribution >= 4 is 5.97 Å². The van der Waals surface area contributed by atoms with E-state index in [9.17, 15) is 4.79 Å². The lowest BCUT2D eigenvalue weighted by Crippen LogP contribution is -2.19. The average molecular weight is 362 g/mol. The van der Waals surface area contributed by atoms with Crippen LogP contribution in [0, 0.1) is 0 Å². The Labute approximate surface area is 159 Å². The minimum atomic E-state index is -0.722. The highest BCUT2D eigenvalue weighted by molar-refractivity contribution is 5.76. The lowest BCUT2D eigenvalue weighted by atomic mass is 10.1. The van der Waals surface area contributed by atoms with Crippen LogP contribution in [0.25, 0.3) is 0 Å². The van der Waals surface area contributed by atoms with Crippen LogP contribution in [0.1, 0.15) is 24.2 Å². The van der Waals surface area contributed by atoms with Crippen LogP contribution < -0.4 is 4.74 Å². The molecule has 0 radical (unpaired) electrons. The van der Waals surface area contributed by atoms with Gasteiger partial charge in [-0.1, -0.05) is 60.7 Å². The molecule has 0 fully saturated rings. The molecule has 0 bridgehead atoms. The highest BCUT2D eigenvalue weighted by atomic mass is 16.6. The summed E-state index contributed by atoms with van der Waals surface area (Å²) in [5.41, 5.74) is 1.63. The first-order valence-electron chi connectivity index (χ1n) is 8.91. The predicted molar refractivity (Wildman–Crippen MR) is 104 cm³/mol. The quantitative estimate of drug-likeness (QED) is 0.510. The molecule has 138 valence electrons. The van der Waals surface area contributed by atoms with Crippen LogP contribution in [0.3, 0.4) is 0 Å². The van der Waals surface area contributed by atoms with Gasteiger partial charge < -0.3 is 14.2 Å². The molecule has 1 unspecified atom stereocenters. The van der Waals surface area contributed by atoms with Gasteiger partial charge in [0.2, 0.25) is 0 Å². The van der Waals surface area contributed by atoms with E-state index in [4.69, 9.17) is 14.2 Å². The van der Waals surface area contributed by atoms with Gasteiger partial charge in [-0.15, -0.1) is 0 Å². The third kappa shape index (κ3) is 5.43. The first-order chi connectivity index (χ1) is 13.3. The molecule has 0 heterocycles. The minimum Gasteiger partial charge on any atom is -0.459 e. The molecule has 4 nitrogen and oxygen atoms in total. The van der Waals surface area contributed by atoms with Gasteiger partial charge in [-0.05, 0) is 42.3 Å². The Morgan fingerprint density at radius 2 is 1.52 bits per heavy atom. The summed E-state index contributed by atoms with van der Waals surface area (Å²) in [7, 11) is 0. The van der Waals surface area contributed by atoms with Crippen molar-refractivity contribution < 1.29 is 19.0 Å². The first-order valence-corrected chi connectivity index (χ1v) is 8.91. The molecule has 0 aliphatic rings. The smallest absolute Gasteiger partial charge is 0.340 e. The Bertz CT molecular complexity index is 847. The molecule has 3 rings (SSSR count). The van der Waals surface area contributed by atoms with Gasteiger partial charge in [0, 0.05) is 6.61 Å². The number of rotatable bonds is 8. The lowest BCUT2D eigenvalue weighted by Gasteiger charge is -2.16. The zero-order chi connectivity index (χ0) is 18.9. The lowest BCUT2D eigenvalue weighted by molar-refractivity contribution is -0.159. The third-order valence-electron chi connectivity index (χ3n) is 3.91. The van der Waals surface area contributed by atoms with Crippen molar-refractivity contribution in [2.24, 2.45) is 0 Å². The van der Waals surface area contributed by atoms with E-state index < -0.39 is 12.1 Å². The molecule has 0 amide bonds. The van der Waals surface area contributed by atoms with Gasteiger partial charge >= 0.3 is 5.97 Å². The molecule has 0 spiro atoms. The van der Waals surface area contributed by atoms with Crippen molar-refractivity contribution in [3.05, 3.63) is 96.1 Å². The second kappa shape index (κ2) is 9.55. The Morgan fingerprint density at radius 1 is 0.852 bits per heavy atom. The molecule has 1 atom stereocenters. The van der Waals surface area contributed by atoms with Gasteiger partial charge in [0.05, 0.1) is 0 Å². The molecule has 0 N–H and O–H groups in total. The summed E-state index contributed by atoms with van der Waals surface area (Å²) in [4.78, 5) is 12.5. The van der Waals surface area contributed by atoms with Crippen molar-refractivity contribution in [2.45, 2.75) is 19.6 Å². The molecule has 0 aliphatic heterocycles. The number of benzene rings is 3. The van der Waals surface area contributed by atoms with Crippen molar-refractivity contribution in [1.82, 2.24) is 0 Å². The van der Waals surface area contributed by atoms with Gasteiger partial charge in [-0.2, -0.15) is 0 Å². The first kappa shape index (κ1) is 18.7. The fourth-order valence-electron chi connectivity index (χ4n) is 2.65. The molecular weight excluding hydrogens is 340 g/mol. The second-order valence-electron chi connectivity index (χ2n) is 5.92. The number of esters is 1. The third-order valence-corrected chi connectivity index (χ3v) is 3.91. The van der Waals surface area contributed by atoms with Crippen LogP contribution in [-0.4, -0.2) is 12.6 Å². The molecular formula is C23H22O4. The number of hydrogen-bond donors (Lipinski definition) is 0. The van der Waals surface area contributed by atoms with Crippen LogP contribution in [0.5, 0.6) is 11.5 Å². The minimum absolute atomic E-state index is 0.154. The van der Waals surface area contributed by atoms with E-state index in [-0.39, 0.29) is 6.61 Å². The van der Waals surface area contributed by atoms with Crippen molar-refractivity contribution in [3.63, 3.8) is 0 Å². The molecule has 27 heavy (non-hydrogen) atoms. The van der Waals surface area contributed by atoms with E-state index in [0.29, 0.717) is 12.4 Å². The summed E-state index contributed by atoms with van der Waals surface area (Å²) in [6.07, 6.45) is -0.722. The number of hydrogen-bond acceptors (Lipinski definition) is 4. The highest BCUT2D eigenvalue weighted by Crippen LogP contribution is 2.23. The number of ether oxygens (including phenoxy) is 3. The molecule has 4 heteroatoms. The van der Waals surface area contributed by atoms with Gasteiger partial charge in [0.15, 0.2) is 6.10 Å². The molecule has 0 aliphatic carbocycles. The normalized spacial score (nSPS) is 11.6. The summed E-state index contributed by atoms with van der Waals surface area (Å²) in [5.74, 6) is 1.05. The molecule has 0 saturated heterocycles. The maximum absolute atomic E-state index is 12.5. The Morgan fingerprint density at radius 3 is 2.22 bits per heavy atom. The summed E-state index contributed by atoms with van der Waals surface area (Å²) in [6.45, 7) is 2.43.